The molecule has 2 aromatic carbocycles. The molecule has 0 saturated carbocycles. The molecule has 3 N–H and O–H groups in total. The number of furan rings is 1. The van der Waals surface area contributed by atoms with Gasteiger partial charge in [0.05, 0.1) is 12.0 Å². The number of hydrogen-bond donors (Lipinski definition) is 2. The molecule has 1 heterocycles. The first kappa shape index (κ1) is 18.3. The fourth-order valence-electron chi connectivity index (χ4n) is 2.52. The van der Waals surface area contributed by atoms with Crippen molar-refractivity contribution in [2.75, 3.05) is 11.9 Å². The molecule has 0 saturated heterocycles. The quantitative estimate of drug-likeness (QED) is 0.709. The van der Waals surface area contributed by atoms with Crippen LogP contribution < -0.4 is 15.8 Å². The van der Waals surface area contributed by atoms with Crippen LogP contribution in [0.2, 0.25) is 0 Å². The van der Waals surface area contributed by atoms with Gasteiger partial charge in [-0.15, -0.1) is 0 Å². The monoisotopic (exact) mass is 378 g/mol. The minimum Gasteiger partial charge on any atom is -0.490 e. The zero-order valence-corrected chi connectivity index (χ0v) is 13.9. The minimum absolute atomic E-state index is 0.00707. The summed E-state index contributed by atoms with van der Waals surface area (Å²) in [6.07, 6.45) is 0. The standard InChI is InChI=1S/C18H13F3N2O4/c1-2-26-13-7-9(19)6-10-14(16(17(22)24)27-15(10)13)23-18(25)8-3-4-11(20)12(21)5-8/h3-7H,2H2,1H3,(H2,22,24)(H,23,25). The molecule has 3 aromatic rings. The van der Waals surface area contributed by atoms with Crippen molar-refractivity contribution in [1.29, 1.82) is 0 Å². The summed E-state index contributed by atoms with van der Waals surface area (Å²) in [6, 6.07) is 4.59. The third-order valence-electron chi connectivity index (χ3n) is 3.66. The number of carbonyl (C=O) groups excluding carboxylic acids is 2. The Morgan fingerprint density at radius 3 is 2.52 bits per heavy atom. The van der Waals surface area contributed by atoms with Crippen LogP contribution in [0.4, 0.5) is 18.9 Å². The fourth-order valence-corrected chi connectivity index (χ4v) is 2.52. The summed E-state index contributed by atoms with van der Waals surface area (Å²) in [6.45, 7) is 1.86. The Labute approximate surface area is 150 Å². The Morgan fingerprint density at radius 2 is 1.89 bits per heavy atom. The van der Waals surface area contributed by atoms with Crippen LogP contribution in [0, 0.1) is 17.5 Å². The Balaban J connectivity index is 2.11. The Morgan fingerprint density at radius 1 is 1.15 bits per heavy atom. The average molecular weight is 378 g/mol. The molecule has 2 amide bonds. The number of nitrogens with two attached hydrogens (primary N) is 1. The normalized spacial score (nSPS) is 10.8. The van der Waals surface area contributed by atoms with E-state index in [1.807, 2.05) is 0 Å². The number of fused-ring (bicyclic) bond motifs is 1. The maximum atomic E-state index is 13.9. The van der Waals surface area contributed by atoms with E-state index in [1.54, 1.807) is 6.92 Å². The third kappa shape index (κ3) is 3.43. The van der Waals surface area contributed by atoms with Gasteiger partial charge < -0.3 is 20.2 Å². The minimum atomic E-state index is -1.22. The Bertz CT molecular complexity index is 1060. The van der Waals surface area contributed by atoms with Crippen molar-refractivity contribution in [3.63, 3.8) is 0 Å². The molecule has 0 spiro atoms. The van der Waals surface area contributed by atoms with E-state index in [0.29, 0.717) is 6.07 Å². The number of ether oxygens (including phenoxy) is 1. The zero-order chi connectivity index (χ0) is 19.7. The Hall–Kier alpha value is -3.49. The highest BCUT2D eigenvalue weighted by Crippen LogP contribution is 2.37. The highest BCUT2D eigenvalue weighted by atomic mass is 19.2. The number of halogens is 3. The van der Waals surface area contributed by atoms with Gasteiger partial charge in [0.2, 0.25) is 5.76 Å². The van der Waals surface area contributed by atoms with Gasteiger partial charge in [0.25, 0.3) is 11.8 Å². The summed E-state index contributed by atoms with van der Waals surface area (Å²) in [5.74, 6) is -5.36. The highest BCUT2D eigenvalue weighted by molar-refractivity contribution is 6.14. The van der Waals surface area contributed by atoms with Gasteiger partial charge in [0.1, 0.15) is 11.5 Å². The molecule has 3 rings (SSSR count). The number of amides is 2. The lowest BCUT2D eigenvalue weighted by atomic mass is 10.1. The second-order valence-electron chi connectivity index (χ2n) is 5.47. The molecule has 0 radical (unpaired) electrons. The average Bonchev–Trinajstić information content (AvgIpc) is 2.96. The number of primary amides is 1. The lowest BCUT2D eigenvalue weighted by Gasteiger charge is -2.06. The first-order valence-corrected chi connectivity index (χ1v) is 7.76. The summed E-state index contributed by atoms with van der Waals surface area (Å²) in [4.78, 5) is 24.1. The summed E-state index contributed by atoms with van der Waals surface area (Å²) >= 11 is 0. The molecule has 0 fully saturated rings. The molecule has 140 valence electrons. The van der Waals surface area contributed by atoms with Crippen LogP contribution in [0.5, 0.6) is 5.75 Å². The van der Waals surface area contributed by atoms with Crippen LogP contribution in [-0.2, 0) is 0 Å². The molecule has 6 nitrogen and oxygen atoms in total. The van der Waals surface area contributed by atoms with Gasteiger partial charge in [-0.3, -0.25) is 9.59 Å². The lowest BCUT2D eigenvalue weighted by Crippen LogP contribution is -2.17. The molecule has 27 heavy (non-hydrogen) atoms. The number of rotatable bonds is 5. The van der Waals surface area contributed by atoms with Crippen molar-refractivity contribution in [3.8, 4) is 5.75 Å². The van der Waals surface area contributed by atoms with E-state index in [-0.39, 0.29) is 34.6 Å². The van der Waals surface area contributed by atoms with Crippen molar-refractivity contribution >= 4 is 28.5 Å². The molecule has 0 atom stereocenters. The van der Waals surface area contributed by atoms with Gasteiger partial charge in [0, 0.05) is 11.6 Å². The van der Waals surface area contributed by atoms with Crippen LogP contribution in [0.3, 0.4) is 0 Å². The summed E-state index contributed by atoms with van der Waals surface area (Å²) in [5, 5.41) is 2.36. The smallest absolute Gasteiger partial charge is 0.286 e. The molecule has 0 aliphatic carbocycles. The molecule has 1 aromatic heterocycles. The van der Waals surface area contributed by atoms with E-state index >= 15 is 0 Å². The fraction of sp³-hybridized carbons (Fsp3) is 0.111. The molecule has 0 aliphatic heterocycles. The molecule has 9 heteroatoms. The van der Waals surface area contributed by atoms with Gasteiger partial charge in [-0.25, -0.2) is 13.2 Å². The number of carbonyl (C=O) groups is 2. The largest absolute Gasteiger partial charge is 0.490 e. The van der Waals surface area contributed by atoms with E-state index in [1.165, 1.54) is 0 Å². The van der Waals surface area contributed by atoms with Crippen molar-refractivity contribution in [2.45, 2.75) is 6.92 Å². The molecule has 0 aliphatic rings. The van der Waals surface area contributed by atoms with Gasteiger partial charge >= 0.3 is 0 Å². The van der Waals surface area contributed by atoms with Gasteiger partial charge in [-0.1, -0.05) is 0 Å². The maximum absolute atomic E-state index is 13.9. The summed E-state index contributed by atoms with van der Waals surface area (Å²) in [5.41, 5.74) is 4.85. The lowest BCUT2D eigenvalue weighted by molar-refractivity contribution is 0.0977. The van der Waals surface area contributed by atoms with Crippen LogP contribution in [0.25, 0.3) is 11.0 Å². The topological polar surface area (TPSA) is 94.6 Å². The van der Waals surface area contributed by atoms with E-state index in [9.17, 15) is 22.8 Å². The van der Waals surface area contributed by atoms with E-state index in [0.717, 1.165) is 24.3 Å². The third-order valence-corrected chi connectivity index (χ3v) is 3.66. The van der Waals surface area contributed by atoms with Crippen LogP contribution in [0.15, 0.2) is 34.7 Å². The van der Waals surface area contributed by atoms with Gasteiger partial charge in [-0.2, -0.15) is 0 Å². The van der Waals surface area contributed by atoms with Crippen LogP contribution in [-0.4, -0.2) is 18.4 Å². The van der Waals surface area contributed by atoms with Crippen molar-refractivity contribution in [1.82, 2.24) is 0 Å². The molecular weight excluding hydrogens is 365 g/mol. The van der Waals surface area contributed by atoms with Crippen LogP contribution >= 0.6 is 0 Å². The number of anilines is 1. The van der Waals surface area contributed by atoms with E-state index < -0.39 is 35.0 Å². The van der Waals surface area contributed by atoms with E-state index in [4.69, 9.17) is 14.9 Å². The summed E-state index contributed by atoms with van der Waals surface area (Å²) in [7, 11) is 0. The first-order valence-electron chi connectivity index (χ1n) is 7.76. The predicted molar refractivity (Wildman–Crippen MR) is 90.2 cm³/mol. The van der Waals surface area contributed by atoms with Gasteiger partial charge in [0.15, 0.2) is 23.0 Å². The SMILES string of the molecule is CCOc1cc(F)cc2c(NC(=O)c3ccc(F)c(F)c3)c(C(N)=O)oc12. The van der Waals surface area contributed by atoms with Crippen molar-refractivity contribution in [3.05, 3.63) is 59.1 Å². The zero-order valence-electron chi connectivity index (χ0n) is 13.9. The van der Waals surface area contributed by atoms with Crippen molar-refractivity contribution in [2.24, 2.45) is 5.73 Å². The van der Waals surface area contributed by atoms with Crippen molar-refractivity contribution < 1.29 is 31.9 Å². The summed E-state index contributed by atoms with van der Waals surface area (Å²) < 4.78 is 51.0. The predicted octanol–water partition coefficient (Wildman–Crippen LogP) is 3.60. The van der Waals surface area contributed by atoms with E-state index in [2.05, 4.69) is 5.32 Å². The molecular formula is C18H13F3N2O4. The Kier molecular flexibility index (Phi) is 4.76. The first-order chi connectivity index (χ1) is 12.8. The molecule has 0 unspecified atom stereocenters. The van der Waals surface area contributed by atoms with Crippen LogP contribution in [0.1, 0.15) is 27.8 Å². The number of benzene rings is 2. The molecule has 0 bridgehead atoms. The highest BCUT2D eigenvalue weighted by Gasteiger charge is 2.24. The second-order valence-corrected chi connectivity index (χ2v) is 5.47. The maximum Gasteiger partial charge on any atom is 0.286 e. The second kappa shape index (κ2) is 7.02. The number of hydrogen-bond acceptors (Lipinski definition) is 4. The van der Waals surface area contributed by atoms with Gasteiger partial charge in [-0.05, 0) is 31.2 Å². The number of nitrogens with one attached hydrogen (secondary N) is 1.